The number of ether oxygens (including phenoxy) is 1. The second kappa shape index (κ2) is 7.28. The third kappa shape index (κ3) is 3.80. The predicted molar refractivity (Wildman–Crippen MR) is 77.7 cm³/mol. The lowest BCUT2D eigenvalue weighted by Gasteiger charge is -2.23. The Kier molecular flexibility index (Phi) is 5.39. The molecule has 1 atom stereocenters. The number of anilines is 2. The van der Waals surface area contributed by atoms with Gasteiger partial charge in [0.05, 0.1) is 6.10 Å². The van der Waals surface area contributed by atoms with E-state index in [1.165, 1.54) is 19.3 Å². The van der Waals surface area contributed by atoms with Crippen molar-refractivity contribution in [2.75, 3.05) is 30.8 Å². The van der Waals surface area contributed by atoms with Crippen molar-refractivity contribution in [2.45, 2.75) is 45.1 Å². The summed E-state index contributed by atoms with van der Waals surface area (Å²) in [5, 5.41) is 6.53. The maximum Gasteiger partial charge on any atom is 0.134 e. The standard InChI is InChI=1S/C14H24N4O/c1-3-12-13(15-2)17-10-18-14(12)16-8-7-11-6-4-5-9-19-11/h10-11H,3-9H2,1-2H3,(H2,15,16,17,18). The van der Waals surface area contributed by atoms with Crippen molar-refractivity contribution in [1.82, 2.24) is 9.97 Å². The minimum absolute atomic E-state index is 0.414. The highest BCUT2D eigenvalue weighted by Gasteiger charge is 2.14. The minimum atomic E-state index is 0.414. The fraction of sp³-hybridized carbons (Fsp3) is 0.714. The van der Waals surface area contributed by atoms with Gasteiger partial charge in [0.2, 0.25) is 0 Å². The van der Waals surface area contributed by atoms with Crippen LogP contribution in [0.5, 0.6) is 0 Å². The van der Waals surface area contributed by atoms with Crippen LogP contribution in [0, 0.1) is 0 Å². The van der Waals surface area contributed by atoms with Gasteiger partial charge in [0.25, 0.3) is 0 Å². The molecule has 1 fully saturated rings. The lowest BCUT2D eigenvalue weighted by atomic mass is 10.1. The van der Waals surface area contributed by atoms with E-state index in [0.717, 1.165) is 43.2 Å². The van der Waals surface area contributed by atoms with Crippen LogP contribution in [-0.2, 0) is 11.2 Å². The van der Waals surface area contributed by atoms with Crippen LogP contribution in [0.1, 0.15) is 38.2 Å². The number of rotatable bonds is 6. The number of aromatic nitrogens is 2. The van der Waals surface area contributed by atoms with Gasteiger partial charge in [-0.2, -0.15) is 0 Å². The van der Waals surface area contributed by atoms with Crippen molar-refractivity contribution in [2.24, 2.45) is 0 Å². The molecular formula is C14H24N4O. The van der Waals surface area contributed by atoms with E-state index in [9.17, 15) is 0 Å². The van der Waals surface area contributed by atoms with E-state index >= 15 is 0 Å². The molecule has 2 N–H and O–H groups in total. The van der Waals surface area contributed by atoms with Gasteiger partial charge in [-0.25, -0.2) is 9.97 Å². The van der Waals surface area contributed by atoms with Crippen LogP contribution in [-0.4, -0.2) is 36.3 Å². The van der Waals surface area contributed by atoms with E-state index in [0.29, 0.717) is 6.10 Å². The van der Waals surface area contributed by atoms with Crippen molar-refractivity contribution < 1.29 is 4.74 Å². The molecule has 0 aliphatic carbocycles. The number of nitrogens with zero attached hydrogens (tertiary/aromatic N) is 2. The maximum absolute atomic E-state index is 5.73. The monoisotopic (exact) mass is 264 g/mol. The summed E-state index contributed by atoms with van der Waals surface area (Å²) in [5.41, 5.74) is 1.15. The van der Waals surface area contributed by atoms with Gasteiger partial charge in [-0.3, -0.25) is 0 Å². The van der Waals surface area contributed by atoms with Crippen LogP contribution in [0.15, 0.2) is 6.33 Å². The van der Waals surface area contributed by atoms with Gasteiger partial charge >= 0.3 is 0 Å². The van der Waals surface area contributed by atoms with Crippen molar-refractivity contribution in [3.8, 4) is 0 Å². The molecular weight excluding hydrogens is 240 g/mol. The quantitative estimate of drug-likeness (QED) is 0.826. The fourth-order valence-corrected chi connectivity index (χ4v) is 2.50. The van der Waals surface area contributed by atoms with Crippen molar-refractivity contribution in [3.05, 3.63) is 11.9 Å². The summed E-state index contributed by atoms with van der Waals surface area (Å²) in [4.78, 5) is 8.58. The maximum atomic E-state index is 5.73. The molecule has 2 rings (SSSR count). The summed E-state index contributed by atoms with van der Waals surface area (Å²) in [6.07, 6.45) is 7.67. The molecule has 106 valence electrons. The van der Waals surface area contributed by atoms with Gasteiger partial charge in [0.1, 0.15) is 18.0 Å². The van der Waals surface area contributed by atoms with Crippen LogP contribution in [0.4, 0.5) is 11.6 Å². The first-order valence-corrected chi connectivity index (χ1v) is 7.22. The summed E-state index contributed by atoms with van der Waals surface area (Å²) in [6.45, 7) is 3.94. The smallest absolute Gasteiger partial charge is 0.134 e. The summed E-state index contributed by atoms with van der Waals surface area (Å²) in [5.74, 6) is 1.85. The Hall–Kier alpha value is -1.36. The summed E-state index contributed by atoms with van der Waals surface area (Å²) in [7, 11) is 1.89. The van der Waals surface area contributed by atoms with Crippen LogP contribution < -0.4 is 10.6 Å². The topological polar surface area (TPSA) is 59.1 Å². The van der Waals surface area contributed by atoms with E-state index in [4.69, 9.17) is 4.74 Å². The molecule has 0 radical (unpaired) electrons. The van der Waals surface area contributed by atoms with Gasteiger partial charge in [0, 0.05) is 25.8 Å². The summed E-state index contributed by atoms with van der Waals surface area (Å²) in [6, 6.07) is 0. The van der Waals surface area contributed by atoms with Gasteiger partial charge in [-0.15, -0.1) is 0 Å². The molecule has 5 heteroatoms. The number of nitrogens with one attached hydrogen (secondary N) is 2. The number of hydrogen-bond acceptors (Lipinski definition) is 5. The molecule has 2 heterocycles. The molecule has 0 bridgehead atoms. The lowest BCUT2D eigenvalue weighted by Crippen LogP contribution is -2.22. The largest absolute Gasteiger partial charge is 0.378 e. The van der Waals surface area contributed by atoms with Gasteiger partial charge in [-0.1, -0.05) is 6.92 Å². The summed E-state index contributed by atoms with van der Waals surface area (Å²) >= 11 is 0. The molecule has 5 nitrogen and oxygen atoms in total. The van der Waals surface area contributed by atoms with Crippen molar-refractivity contribution in [3.63, 3.8) is 0 Å². The Labute approximate surface area is 115 Å². The normalized spacial score (nSPS) is 19.2. The first-order chi connectivity index (χ1) is 9.35. The third-order valence-electron chi connectivity index (χ3n) is 3.57. The predicted octanol–water partition coefficient (Wildman–Crippen LogP) is 2.45. The molecule has 1 unspecified atom stereocenters. The zero-order chi connectivity index (χ0) is 13.5. The average molecular weight is 264 g/mol. The van der Waals surface area contributed by atoms with Gasteiger partial charge in [-0.05, 0) is 32.1 Å². The third-order valence-corrected chi connectivity index (χ3v) is 3.57. The van der Waals surface area contributed by atoms with Crippen LogP contribution >= 0.6 is 0 Å². The highest BCUT2D eigenvalue weighted by atomic mass is 16.5. The Balaban J connectivity index is 1.88. The van der Waals surface area contributed by atoms with Crippen LogP contribution in [0.3, 0.4) is 0 Å². The molecule has 1 aliphatic heterocycles. The molecule has 0 saturated carbocycles. The van der Waals surface area contributed by atoms with Crippen LogP contribution in [0.2, 0.25) is 0 Å². The molecule has 1 aliphatic rings. The highest BCUT2D eigenvalue weighted by molar-refractivity contribution is 5.56. The number of hydrogen-bond donors (Lipinski definition) is 2. The first kappa shape index (κ1) is 14.1. The zero-order valence-corrected chi connectivity index (χ0v) is 11.9. The Morgan fingerprint density at radius 1 is 1.32 bits per heavy atom. The molecule has 0 spiro atoms. The Morgan fingerprint density at radius 2 is 2.16 bits per heavy atom. The second-order valence-electron chi connectivity index (χ2n) is 4.86. The lowest BCUT2D eigenvalue weighted by molar-refractivity contribution is 0.0134. The second-order valence-corrected chi connectivity index (χ2v) is 4.86. The van der Waals surface area contributed by atoms with Crippen molar-refractivity contribution in [1.29, 1.82) is 0 Å². The minimum Gasteiger partial charge on any atom is -0.378 e. The fourth-order valence-electron chi connectivity index (χ4n) is 2.50. The van der Waals surface area contributed by atoms with E-state index < -0.39 is 0 Å². The molecule has 19 heavy (non-hydrogen) atoms. The molecule has 0 aromatic carbocycles. The molecule has 1 saturated heterocycles. The SMILES string of the molecule is CCc1c(NC)ncnc1NCCC1CCCCO1. The Morgan fingerprint density at radius 3 is 2.84 bits per heavy atom. The summed E-state index contributed by atoms with van der Waals surface area (Å²) < 4.78 is 5.73. The van der Waals surface area contributed by atoms with E-state index in [1.54, 1.807) is 6.33 Å². The molecule has 0 amide bonds. The molecule has 1 aromatic heterocycles. The van der Waals surface area contributed by atoms with Crippen molar-refractivity contribution >= 4 is 11.6 Å². The zero-order valence-electron chi connectivity index (χ0n) is 11.9. The van der Waals surface area contributed by atoms with E-state index in [1.807, 2.05) is 7.05 Å². The average Bonchev–Trinajstić information content (AvgIpc) is 2.48. The Bertz CT molecular complexity index is 391. The van der Waals surface area contributed by atoms with Gasteiger partial charge in [0.15, 0.2) is 0 Å². The van der Waals surface area contributed by atoms with Crippen LogP contribution in [0.25, 0.3) is 0 Å². The van der Waals surface area contributed by atoms with Gasteiger partial charge < -0.3 is 15.4 Å². The van der Waals surface area contributed by atoms with E-state index in [-0.39, 0.29) is 0 Å². The molecule has 1 aromatic rings. The highest BCUT2D eigenvalue weighted by Crippen LogP contribution is 2.20. The van der Waals surface area contributed by atoms with E-state index in [2.05, 4.69) is 27.5 Å². The first-order valence-electron chi connectivity index (χ1n) is 7.22.